The Morgan fingerprint density at radius 2 is 2.04 bits per heavy atom. The number of amides is 1. The number of allylic oxidation sites excluding steroid dienone is 1. The highest BCUT2D eigenvalue weighted by molar-refractivity contribution is 7.98. The quantitative estimate of drug-likeness (QED) is 0.515. The monoisotopic (exact) mass is 369 g/mol. The molecule has 3 aliphatic heterocycles. The van der Waals surface area contributed by atoms with Crippen molar-refractivity contribution in [2.24, 2.45) is 5.92 Å². The molecule has 2 saturated heterocycles. The van der Waals surface area contributed by atoms with Gasteiger partial charge in [0.2, 0.25) is 5.78 Å². The van der Waals surface area contributed by atoms with E-state index in [4.69, 9.17) is 0 Å². The zero-order chi connectivity index (χ0) is 18.1. The summed E-state index contributed by atoms with van der Waals surface area (Å²) in [7, 11) is 0. The van der Waals surface area contributed by atoms with Crippen LogP contribution in [-0.4, -0.2) is 93.5 Å². The number of fused-ring (bicyclic) bond motifs is 2. The van der Waals surface area contributed by atoms with Crippen molar-refractivity contribution in [3.8, 4) is 0 Å². The van der Waals surface area contributed by atoms with Gasteiger partial charge in [-0.2, -0.15) is 11.8 Å². The van der Waals surface area contributed by atoms with Crippen molar-refractivity contribution in [2.75, 3.05) is 44.7 Å². The number of nitrogens with zero attached hydrogens (tertiary/aromatic N) is 3. The number of hydrogen-bond acceptors (Lipinski definition) is 7. The van der Waals surface area contributed by atoms with Crippen LogP contribution in [0, 0.1) is 5.92 Å². The van der Waals surface area contributed by atoms with Crippen LogP contribution >= 0.6 is 11.8 Å². The van der Waals surface area contributed by atoms with Crippen LogP contribution in [0.1, 0.15) is 12.8 Å². The molecule has 0 spiro atoms. The molecule has 3 heterocycles. The first-order chi connectivity index (χ1) is 12.0. The third kappa shape index (κ3) is 3.22. The summed E-state index contributed by atoms with van der Waals surface area (Å²) in [6, 6.07) is 0. The smallest absolute Gasteiger partial charge is 0.316 e. The summed E-state index contributed by atoms with van der Waals surface area (Å²) in [4.78, 5) is 41.7. The average Bonchev–Trinajstić information content (AvgIpc) is 2.58. The van der Waals surface area contributed by atoms with Gasteiger partial charge in [0.15, 0.2) is 5.76 Å². The third-order valence-corrected chi connectivity index (χ3v) is 5.75. The Bertz CT molecular complexity index is 623. The van der Waals surface area contributed by atoms with Crippen LogP contribution in [0.15, 0.2) is 11.5 Å². The van der Waals surface area contributed by atoms with Crippen molar-refractivity contribution < 1.29 is 24.6 Å². The number of carboxylic acids is 1. The Kier molecular flexibility index (Phi) is 5.24. The van der Waals surface area contributed by atoms with Crippen molar-refractivity contribution in [2.45, 2.75) is 19.0 Å². The first-order valence-electron chi connectivity index (χ1n) is 8.45. The molecule has 0 saturated carbocycles. The van der Waals surface area contributed by atoms with Crippen molar-refractivity contribution in [3.63, 3.8) is 0 Å². The lowest BCUT2D eigenvalue weighted by molar-refractivity contribution is -0.154. The van der Waals surface area contributed by atoms with Crippen molar-refractivity contribution in [3.05, 3.63) is 11.5 Å². The van der Waals surface area contributed by atoms with Crippen molar-refractivity contribution >= 4 is 29.4 Å². The topological polar surface area (TPSA) is 101 Å². The van der Waals surface area contributed by atoms with Crippen LogP contribution in [0.4, 0.5) is 0 Å². The second-order valence-electron chi connectivity index (χ2n) is 6.57. The van der Waals surface area contributed by atoms with Crippen molar-refractivity contribution in [1.29, 1.82) is 0 Å². The van der Waals surface area contributed by atoms with Crippen LogP contribution in [0.3, 0.4) is 0 Å². The lowest BCUT2D eigenvalue weighted by atomic mass is 9.93. The Morgan fingerprint density at radius 1 is 1.28 bits per heavy atom. The van der Waals surface area contributed by atoms with Gasteiger partial charge >= 0.3 is 5.97 Å². The predicted octanol–water partition coefficient (Wildman–Crippen LogP) is -0.0314. The highest BCUT2D eigenvalue weighted by Crippen LogP contribution is 2.31. The molecule has 0 radical (unpaired) electrons. The largest absolute Gasteiger partial charge is 0.503 e. The number of aliphatic hydroxyl groups excluding tert-OH is 1. The van der Waals surface area contributed by atoms with Gasteiger partial charge in [0.05, 0.1) is 6.54 Å². The lowest BCUT2D eigenvalue weighted by Gasteiger charge is -2.51. The molecular formula is C16H23N3O5S. The highest BCUT2D eigenvalue weighted by Gasteiger charge is 2.48. The number of aliphatic carboxylic acids is 1. The SMILES string of the molecule is CSCCCN1CCCN2C(=O)C3=C(O)C(=O)C(C(=O)O)CN3CC12. The maximum atomic E-state index is 12.8. The molecule has 9 heteroatoms. The molecule has 25 heavy (non-hydrogen) atoms. The predicted molar refractivity (Wildman–Crippen MR) is 92.1 cm³/mol. The molecule has 2 atom stereocenters. The van der Waals surface area contributed by atoms with E-state index in [2.05, 4.69) is 11.2 Å². The van der Waals surface area contributed by atoms with E-state index in [1.54, 1.807) is 21.6 Å². The Morgan fingerprint density at radius 3 is 2.72 bits per heavy atom. The summed E-state index contributed by atoms with van der Waals surface area (Å²) in [5.41, 5.74) is -0.0373. The average molecular weight is 369 g/mol. The van der Waals surface area contributed by atoms with Gasteiger partial charge in [-0.3, -0.25) is 19.3 Å². The van der Waals surface area contributed by atoms with Gasteiger partial charge < -0.3 is 20.0 Å². The van der Waals surface area contributed by atoms with E-state index < -0.39 is 23.4 Å². The summed E-state index contributed by atoms with van der Waals surface area (Å²) in [5, 5.41) is 19.4. The van der Waals surface area contributed by atoms with Gasteiger partial charge in [0, 0.05) is 26.2 Å². The number of hydrogen-bond donors (Lipinski definition) is 2. The molecule has 2 fully saturated rings. The standard InChI is InChI=1S/C16H23N3O5S/c1-25-7-3-5-17-4-2-6-19-11(17)9-18-8-10(16(23)24)13(20)14(21)12(18)15(19)22/h10-11,21H,2-9H2,1H3,(H,23,24). The normalized spacial score (nSPS) is 27.4. The van der Waals surface area contributed by atoms with Gasteiger partial charge in [0.1, 0.15) is 17.8 Å². The molecule has 3 aliphatic rings. The molecule has 0 bridgehead atoms. The Balaban J connectivity index is 1.85. The van der Waals surface area contributed by atoms with Crippen LogP contribution < -0.4 is 0 Å². The molecule has 0 aliphatic carbocycles. The summed E-state index contributed by atoms with van der Waals surface area (Å²) < 4.78 is 0. The molecule has 2 unspecified atom stereocenters. The molecule has 1 amide bonds. The fourth-order valence-electron chi connectivity index (χ4n) is 3.81. The van der Waals surface area contributed by atoms with E-state index in [9.17, 15) is 24.6 Å². The van der Waals surface area contributed by atoms with Gasteiger partial charge in [-0.15, -0.1) is 0 Å². The minimum Gasteiger partial charge on any atom is -0.503 e. The number of carbonyl (C=O) groups excluding carboxylic acids is 2. The number of carboxylic acid groups (broad SMARTS) is 1. The Labute approximate surface area is 150 Å². The molecule has 2 N–H and O–H groups in total. The maximum Gasteiger partial charge on any atom is 0.316 e. The van der Waals surface area contributed by atoms with E-state index in [1.807, 2.05) is 0 Å². The zero-order valence-electron chi connectivity index (χ0n) is 14.2. The number of thioether (sulfide) groups is 1. The van der Waals surface area contributed by atoms with E-state index in [0.717, 1.165) is 31.7 Å². The third-order valence-electron chi connectivity index (χ3n) is 5.06. The second-order valence-corrected chi connectivity index (χ2v) is 7.56. The fourth-order valence-corrected chi connectivity index (χ4v) is 4.23. The molecule has 3 rings (SSSR count). The molecule has 0 aromatic carbocycles. The van der Waals surface area contributed by atoms with E-state index >= 15 is 0 Å². The summed E-state index contributed by atoms with van der Waals surface area (Å²) in [6.07, 6.45) is 3.79. The van der Waals surface area contributed by atoms with E-state index in [0.29, 0.717) is 13.1 Å². The van der Waals surface area contributed by atoms with Gasteiger partial charge in [-0.05, 0) is 24.9 Å². The highest BCUT2D eigenvalue weighted by atomic mass is 32.2. The number of carbonyl (C=O) groups is 3. The summed E-state index contributed by atoms with van der Waals surface area (Å²) in [5.74, 6) is -3.51. The first kappa shape index (κ1) is 18.1. The minimum absolute atomic E-state index is 0.0373. The van der Waals surface area contributed by atoms with Gasteiger partial charge in [-0.25, -0.2) is 0 Å². The summed E-state index contributed by atoms with van der Waals surface area (Å²) in [6.45, 7) is 2.70. The second kappa shape index (κ2) is 7.25. The molecule has 0 aromatic rings. The van der Waals surface area contributed by atoms with Crippen LogP contribution in [0.25, 0.3) is 0 Å². The van der Waals surface area contributed by atoms with Crippen LogP contribution in [-0.2, 0) is 14.4 Å². The molecule has 0 aromatic heterocycles. The first-order valence-corrected chi connectivity index (χ1v) is 9.84. The van der Waals surface area contributed by atoms with Gasteiger partial charge in [0.25, 0.3) is 5.91 Å². The number of piperazine rings is 1. The molecular weight excluding hydrogens is 346 g/mol. The Hall–Kier alpha value is -1.74. The zero-order valence-corrected chi connectivity index (χ0v) is 15.0. The van der Waals surface area contributed by atoms with Crippen LogP contribution in [0.2, 0.25) is 0 Å². The molecule has 8 nitrogen and oxygen atoms in total. The van der Waals surface area contributed by atoms with Gasteiger partial charge in [-0.1, -0.05) is 0 Å². The van der Waals surface area contributed by atoms with E-state index in [1.165, 1.54) is 0 Å². The molecule has 138 valence electrons. The van der Waals surface area contributed by atoms with Crippen molar-refractivity contribution in [1.82, 2.24) is 14.7 Å². The summed E-state index contributed by atoms with van der Waals surface area (Å²) >= 11 is 1.78. The number of rotatable bonds is 5. The maximum absolute atomic E-state index is 12.8. The van der Waals surface area contributed by atoms with Crippen LogP contribution in [0.5, 0.6) is 0 Å². The number of ketones is 1. The number of Topliss-reactive ketones (excluding diaryl/α,β-unsaturated/α-hetero) is 1. The van der Waals surface area contributed by atoms with E-state index in [-0.39, 0.29) is 24.3 Å². The minimum atomic E-state index is -1.32. The fraction of sp³-hybridized carbons (Fsp3) is 0.688. The number of aliphatic hydroxyl groups is 1. The lowest BCUT2D eigenvalue weighted by Crippen LogP contribution is -2.66.